The van der Waals surface area contributed by atoms with Gasteiger partial charge in [-0.05, 0) is 51.0 Å². The minimum absolute atomic E-state index is 0.00615. The Morgan fingerprint density at radius 1 is 0.818 bits per heavy atom. The van der Waals surface area contributed by atoms with Crippen molar-refractivity contribution < 1.29 is 52.6 Å². The Labute approximate surface area is 263 Å². The van der Waals surface area contributed by atoms with E-state index in [4.69, 9.17) is 24.8 Å². The van der Waals surface area contributed by atoms with Crippen molar-refractivity contribution in [1.82, 2.24) is 0 Å². The minimum atomic E-state index is -4.45. The zero-order valence-electron chi connectivity index (χ0n) is 26.4. The van der Waals surface area contributed by atoms with Crippen LogP contribution in [-0.2, 0) is 37.5 Å². The zero-order valence-corrected chi connectivity index (χ0v) is 27.3. The number of unbranched alkanes of at least 4 members (excludes halogenated alkanes) is 11. The number of carbonyl (C=O) groups is 3. The van der Waals surface area contributed by atoms with Crippen LogP contribution in [0.25, 0.3) is 0 Å². The first kappa shape index (κ1) is 41.9. The molecular formula is C31H56NO11P. The Balaban J connectivity index is 4.33. The second-order valence-electron chi connectivity index (χ2n) is 10.7. The lowest BCUT2D eigenvalue weighted by Gasteiger charge is -2.20. The molecule has 5 N–H and O–H groups in total. The lowest BCUT2D eigenvalue weighted by Crippen LogP contribution is -2.29. The van der Waals surface area contributed by atoms with Gasteiger partial charge < -0.3 is 30.3 Å². The van der Waals surface area contributed by atoms with E-state index in [0.29, 0.717) is 6.42 Å². The molecule has 44 heavy (non-hydrogen) atoms. The average Bonchev–Trinajstić information content (AvgIpc) is 2.98. The number of phosphoric acid groups is 1. The number of carbonyl (C=O) groups excluding carboxylic acids is 2. The highest BCUT2D eigenvalue weighted by atomic mass is 31.2. The lowest BCUT2D eigenvalue weighted by atomic mass is 10.1. The fourth-order valence-corrected chi connectivity index (χ4v) is 4.85. The zero-order chi connectivity index (χ0) is 32.9. The van der Waals surface area contributed by atoms with Crippen LogP contribution in [0.3, 0.4) is 0 Å². The number of carboxylic acids is 1. The maximum atomic E-state index is 12.3. The van der Waals surface area contributed by atoms with Crippen LogP contribution >= 0.6 is 7.82 Å². The summed E-state index contributed by atoms with van der Waals surface area (Å²) in [5, 5.41) is 18.3. The second-order valence-corrected chi connectivity index (χ2v) is 12.1. The third-order valence-electron chi connectivity index (χ3n) is 6.51. The summed E-state index contributed by atoms with van der Waals surface area (Å²) in [5.74, 6) is -2.39. The summed E-state index contributed by atoms with van der Waals surface area (Å²) in [5.41, 5.74) is 5.26. The maximum absolute atomic E-state index is 12.3. The predicted octanol–water partition coefficient (Wildman–Crippen LogP) is 5.74. The number of esters is 2. The molecule has 0 aliphatic carbocycles. The minimum Gasteiger partial charge on any atom is -0.478 e. The SMILES string of the molecule is CCCCCCCC/C=C\CCCCCCCC(=O)OC[C@H](COP(=O)(O)OCCN)OC(=O)CCCC(O)/C=C/C(=O)O. The van der Waals surface area contributed by atoms with Gasteiger partial charge in [0.05, 0.1) is 19.3 Å². The normalized spacial score (nSPS) is 14.5. The third-order valence-corrected chi connectivity index (χ3v) is 7.49. The molecule has 0 aliphatic rings. The number of aliphatic hydroxyl groups is 1. The van der Waals surface area contributed by atoms with Crippen molar-refractivity contribution in [2.45, 2.75) is 128 Å². The largest absolute Gasteiger partial charge is 0.478 e. The molecule has 0 heterocycles. The number of aliphatic carboxylic acids is 1. The first-order valence-corrected chi connectivity index (χ1v) is 17.5. The highest BCUT2D eigenvalue weighted by Gasteiger charge is 2.26. The molecule has 0 bridgehead atoms. The van der Waals surface area contributed by atoms with Crippen molar-refractivity contribution in [3.05, 3.63) is 24.3 Å². The molecule has 0 aromatic heterocycles. The number of carboxylic acid groups (broad SMARTS) is 1. The van der Waals surface area contributed by atoms with Crippen LogP contribution < -0.4 is 5.73 Å². The highest BCUT2D eigenvalue weighted by molar-refractivity contribution is 7.47. The summed E-state index contributed by atoms with van der Waals surface area (Å²) >= 11 is 0. The lowest BCUT2D eigenvalue weighted by molar-refractivity contribution is -0.161. The van der Waals surface area contributed by atoms with E-state index in [-0.39, 0.29) is 45.4 Å². The smallest absolute Gasteiger partial charge is 0.472 e. The molecule has 12 nitrogen and oxygen atoms in total. The van der Waals surface area contributed by atoms with Gasteiger partial charge in [-0.15, -0.1) is 0 Å². The fraction of sp³-hybridized carbons (Fsp3) is 0.774. The average molecular weight is 650 g/mol. The van der Waals surface area contributed by atoms with Crippen molar-refractivity contribution in [2.75, 3.05) is 26.4 Å². The molecule has 256 valence electrons. The van der Waals surface area contributed by atoms with E-state index in [2.05, 4.69) is 23.6 Å². The first-order chi connectivity index (χ1) is 21.1. The first-order valence-electron chi connectivity index (χ1n) is 16.0. The molecule has 0 fully saturated rings. The number of hydrogen-bond acceptors (Lipinski definition) is 10. The summed E-state index contributed by atoms with van der Waals surface area (Å²) in [6.07, 6.45) is 19.5. The summed E-state index contributed by atoms with van der Waals surface area (Å²) in [4.78, 5) is 44.8. The predicted molar refractivity (Wildman–Crippen MR) is 168 cm³/mol. The van der Waals surface area contributed by atoms with E-state index in [1.54, 1.807) is 0 Å². The van der Waals surface area contributed by atoms with Crippen LogP contribution in [0.1, 0.15) is 116 Å². The highest BCUT2D eigenvalue weighted by Crippen LogP contribution is 2.43. The molecule has 0 amide bonds. The van der Waals surface area contributed by atoms with E-state index in [9.17, 15) is 28.9 Å². The van der Waals surface area contributed by atoms with Gasteiger partial charge in [0.2, 0.25) is 0 Å². The topological polar surface area (TPSA) is 192 Å². The van der Waals surface area contributed by atoms with E-state index in [1.165, 1.54) is 38.5 Å². The second kappa shape index (κ2) is 28.4. The van der Waals surface area contributed by atoms with Crippen molar-refractivity contribution in [3.8, 4) is 0 Å². The molecule has 0 aromatic carbocycles. The van der Waals surface area contributed by atoms with Gasteiger partial charge in [0.1, 0.15) is 6.61 Å². The fourth-order valence-electron chi connectivity index (χ4n) is 4.09. The number of hydrogen-bond donors (Lipinski definition) is 4. The molecule has 0 spiro atoms. The molecule has 0 aliphatic heterocycles. The number of ether oxygens (including phenoxy) is 2. The number of aliphatic hydroxyl groups excluding tert-OH is 1. The van der Waals surface area contributed by atoms with Crippen molar-refractivity contribution in [2.24, 2.45) is 5.73 Å². The standard InChI is InChI=1S/C31H56NO11P/c1-2-3-4-5-6-7-8-9-10-11-12-13-14-15-16-19-30(36)40-25-28(26-42-44(38,39)41-24-23-32)43-31(37)20-17-18-27(33)21-22-29(34)35/h9-10,21-22,27-28,33H,2-8,11-20,23-26,32H2,1H3,(H,34,35)(H,38,39)/b10-9-,22-21+/t27?,28-/m1/s1. The summed E-state index contributed by atoms with van der Waals surface area (Å²) < 4.78 is 32.0. The van der Waals surface area contributed by atoms with Gasteiger partial charge in [-0.2, -0.15) is 0 Å². The van der Waals surface area contributed by atoms with Crippen molar-refractivity contribution >= 4 is 25.7 Å². The molecule has 0 rings (SSSR count). The van der Waals surface area contributed by atoms with Gasteiger partial charge in [0.25, 0.3) is 0 Å². The molecule has 13 heteroatoms. The number of allylic oxidation sites excluding steroid dienone is 2. The Hall–Kier alpha value is -2.08. The quantitative estimate of drug-likeness (QED) is 0.0243. The molecule has 3 atom stereocenters. The van der Waals surface area contributed by atoms with Gasteiger partial charge in [-0.25, -0.2) is 9.36 Å². The summed E-state index contributed by atoms with van der Waals surface area (Å²) in [6.45, 7) is 1.06. The van der Waals surface area contributed by atoms with Crippen molar-refractivity contribution in [1.29, 1.82) is 0 Å². The monoisotopic (exact) mass is 649 g/mol. The third kappa shape index (κ3) is 28.7. The molecule has 2 unspecified atom stereocenters. The van der Waals surface area contributed by atoms with Crippen LogP contribution in [0.4, 0.5) is 0 Å². The van der Waals surface area contributed by atoms with Crippen LogP contribution in [0, 0.1) is 0 Å². The molecule has 0 saturated heterocycles. The van der Waals surface area contributed by atoms with Crippen molar-refractivity contribution in [3.63, 3.8) is 0 Å². The van der Waals surface area contributed by atoms with E-state index in [0.717, 1.165) is 50.7 Å². The Morgan fingerprint density at radius 3 is 2.02 bits per heavy atom. The Kier molecular flexibility index (Phi) is 27.1. The van der Waals surface area contributed by atoms with Crippen LogP contribution in [-0.4, -0.2) is 71.6 Å². The van der Waals surface area contributed by atoms with Gasteiger partial charge in [0, 0.05) is 25.5 Å². The molecule has 0 saturated carbocycles. The van der Waals surface area contributed by atoms with Gasteiger partial charge >= 0.3 is 25.7 Å². The number of phosphoric ester groups is 1. The molecular weight excluding hydrogens is 593 g/mol. The van der Waals surface area contributed by atoms with E-state index < -0.39 is 44.5 Å². The molecule has 0 radical (unpaired) electrons. The van der Waals surface area contributed by atoms with Crippen LogP contribution in [0.15, 0.2) is 24.3 Å². The van der Waals surface area contributed by atoms with Crippen LogP contribution in [0.5, 0.6) is 0 Å². The maximum Gasteiger partial charge on any atom is 0.472 e. The van der Waals surface area contributed by atoms with E-state index in [1.807, 2.05) is 0 Å². The number of rotatable bonds is 30. The summed E-state index contributed by atoms with van der Waals surface area (Å²) in [7, 11) is -4.45. The van der Waals surface area contributed by atoms with Crippen LogP contribution in [0.2, 0.25) is 0 Å². The molecule has 0 aromatic rings. The van der Waals surface area contributed by atoms with E-state index >= 15 is 0 Å². The number of nitrogens with two attached hydrogens (primary N) is 1. The van der Waals surface area contributed by atoms with Gasteiger partial charge in [-0.3, -0.25) is 18.6 Å². The van der Waals surface area contributed by atoms with Gasteiger partial charge in [0.15, 0.2) is 6.10 Å². The Bertz CT molecular complexity index is 866. The van der Waals surface area contributed by atoms with Gasteiger partial charge in [-0.1, -0.05) is 70.4 Å². The Morgan fingerprint density at radius 2 is 1.41 bits per heavy atom. The summed E-state index contributed by atoms with van der Waals surface area (Å²) in [6, 6.07) is 0.